The third kappa shape index (κ3) is 2.98. The first-order valence-corrected chi connectivity index (χ1v) is 3.46. The summed E-state index contributed by atoms with van der Waals surface area (Å²) in [4.78, 5) is 20.9. The third-order valence-corrected chi connectivity index (χ3v) is 1.57. The van der Waals surface area contributed by atoms with Gasteiger partial charge < -0.3 is 20.4 Å². The Hall–Kier alpha value is -0.980. The number of phenols is 2. The number of carboxylic acids is 2. The minimum absolute atomic E-state index is 0. The Labute approximate surface area is 114 Å². The molecule has 1 aromatic rings. The van der Waals surface area contributed by atoms with E-state index in [9.17, 15) is 9.59 Å². The zero-order chi connectivity index (χ0) is 10.9. The Morgan fingerprint density at radius 3 is 1.33 bits per heavy atom. The summed E-state index contributed by atoms with van der Waals surface area (Å²) in [6.07, 6.45) is 0. The number of hydrogen-bond acceptors (Lipinski definition) is 4. The van der Waals surface area contributed by atoms with Crippen molar-refractivity contribution in [1.29, 1.82) is 0 Å². The molecule has 0 unspecified atom stereocenters. The number of benzene rings is 1. The van der Waals surface area contributed by atoms with Gasteiger partial charge in [0.25, 0.3) is 0 Å². The molecule has 0 atom stereocenters. The molecule has 0 aliphatic heterocycles. The summed E-state index contributed by atoms with van der Waals surface area (Å²) in [5.74, 6) is -4.30. The van der Waals surface area contributed by atoms with E-state index in [-0.39, 0.29) is 37.7 Å². The van der Waals surface area contributed by atoms with Gasteiger partial charge in [0.15, 0.2) is 0 Å². The minimum atomic E-state index is -1.45. The molecule has 0 bridgehead atoms. The Morgan fingerprint density at radius 2 is 1.13 bits per heavy atom. The Balaban J connectivity index is 0.00000196. The molecule has 7 heteroatoms. The Kier molecular flexibility index (Phi) is 4.86. The van der Waals surface area contributed by atoms with Crippen LogP contribution in [-0.2, 0) is 0 Å². The van der Waals surface area contributed by atoms with E-state index >= 15 is 0 Å². The van der Waals surface area contributed by atoms with Crippen molar-refractivity contribution >= 4 is 49.7 Å². The predicted octanol–water partition coefficient (Wildman–Crippen LogP) is -0.422. The fourth-order valence-corrected chi connectivity index (χ4v) is 0.919. The molecule has 15 heavy (non-hydrogen) atoms. The molecule has 0 aliphatic rings. The van der Waals surface area contributed by atoms with E-state index in [1.165, 1.54) is 0 Å². The van der Waals surface area contributed by atoms with Gasteiger partial charge in [0.1, 0.15) is 22.6 Å². The van der Waals surface area contributed by atoms with E-state index in [1.54, 1.807) is 0 Å². The number of aromatic hydroxyl groups is 2. The van der Waals surface area contributed by atoms with Gasteiger partial charge in [0.2, 0.25) is 0 Å². The summed E-state index contributed by atoms with van der Waals surface area (Å²) < 4.78 is 0. The third-order valence-electron chi connectivity index (χ3n) is 1.57. The van der Waals surface area contributed by atoms with Gasteiger partial charge in [-0.25, -0.2) is 9.59 Å². The number of carbonyl (C=O) groups is 2. The van der Waals surface area contributed by atoms with E-state index in [1.807, 2.05) is 0 Å². The molecule has 0 spiro atoms. The first-order chi connectivity index (χ1) is 6.43. The van der Waals surface area contributed by atoms with Crippen LogP contribution in [-0.4, -0.2) is 70.1 Å². The summed E-state index contributed by atoms with van der Waals surface area (Å²) in [6, 6.07) is 1.36. The van der Waals surface area contributed by atoms with Crippen molar-refractivity contribution in [3.05, 3.63) is 23.3 Å². The van der Waals surface area contributed by atoms with E-state index in [4.69, 9.17) is 20.4 Å². The molecule has 6 nitrogen and oxygen atoms in total. The molecule has 0 aromatic heterocycles. The fourth-order valence-electron chi connectivity index (χ4n) is 0.919. The second-order valence-corrected chi connectivity index (χ2v) is 2.50. The van der Waals surface area contributed by atoms with Crippen molar-refractivity contribution in [2.24, 2.45) is 0 Å². The van der Waals surface area contributed by atoms with E-state index in [0.717, 1.165) is 0 Å². The van der Waals surface area contributed by atoms with Gasteiger partial charge in [-0.3, -0.25) is 0 Å². The second-order valence-electron chi connectivity index (χ2n) is 2.50. The maximum atomic E-state index is 10.4. The number of carboxylic acid groups (broad SMARTS) is 2. The predicted molar refractivity (Wildman–Crippen MR) is 52.2 cm³/mol. The quantitative estimate of drug-likeness (QED) is 0.412. The van der Waals surface area contributed by atoms with Crippen molar-refractivity contribution < 1.29 is 30.0 Å². The summed E-state index contributed by atoms with van der Waals surface area (Å²) in [7, 11) is 0. The normalized spacial score (nSPS) is 9.07. The van der Waals surface area contributed by atoms with Gasteiger partial charge in [-0.1, -0.05) is 0 Å². The molecule has 0 saturated heterocycles. The van der Waals surface area contributed by atoms with Crippen LogP contribution in [0.2, 0.25) is 0 Å². The van der Waals surface area contributed by atoms with Crippen molar-refractivity contribution in [2.75, 3.05) is 0 Å². The second kappa shape index (κ2) is 5.20. The van der Waals surface area contributed by atoms with Crippen LogP contribution in [0.3, 0.4) is 0 Å². The van der Waals surface area contributed by atoms with Crippen LogP contribution in [0.1, 0.15) is 20.7 Å². The standard InChI is InChI=1S/C8H6O6.Ca.2H/c9-5-1-3(7(11)12)6(10)2-4(5)8(13)14;;;/h1-2,9-10H,(H,11,12)(H,13,14);;;. The molecular weight excluding hydrogens is 232 g/mol. The average molecular weight is 240 g/mol. The van der Waals surface area contributed by atoms with Crippen molar-refractivity contribution in [3.63, 3.8) is 0 Å². The van der Waals surface area contributed by atoms with Gasteiger partial charge >= 0.3 is 49.7 Å². The number of rotatable bonds is 2. The van der Waals surface area contributed by atoms with Crippen molar-refractivity contribution in [3.8, 4) is 11.5 Å². The van der Waals surface area contributed by atoms with Gasteiger partial charge in [-0.2, -0.15) is 0 Å². The summed E-state index contributed by atoms with van der Waals surface area (Å²) in [5.41, 5.74) is -1.10. The first kappa shape index (κ1) is 14.0. The molecule has 1 aromatic carbocycles. The van der Waals surface area contributed by atoms with Gasteiger partial charge in [0, 0.05) is 0 Å². The summed E-state index contributed by atoms with van der Waals surface area (Å²) in [5, 5.41) is 35.2. The number of hydrogen-bond donors (Lipinski definition) is 4. The summed E-state index contributed by atoms with van der Waals surface area (Å²) in [6.45, 7) is 0. The number of aromatic carboxylic acids is 2. The maximum absolute atomic E-state index is 10.4. The Bertz CT molecular complexity index is 374. The Morgan fingerprint density at radius 1 is 0.867 bits per heavy atom. The monoisotopic (exact) mass is 240 g/mol. The summed E-state index contributed by atoms with van der Waals surface area (Å²) >= 11 is 0. The molecule has 0 heterocycles. The molecule has 1 rings (SSSR count). The molecule has 0 amide bonds. The van der Waals surface area contributed by atoms with Gasteiger partial charge in [-0.05, 0) is 12.1 Å². The van der Waals surface area contributed by atoms with E-state index in [2.05, 4.69) is 0 Å². The first-order valence-electron chi connectivity index (χ1n) is 3.46. The van der Waals surface area contributed by atoms with Gasteiger partial charge in [-0.15, -0.1) is 0 Å². The average Bonchev–Trinajstić information content (AvgIpc) is 2.07. The van der Waals surface area contributed by atoms with E-state index in [0.29, 0.717) is 12.1 Å². The molecule has 4 N–H and O–H groups in total. The zero-order valence-corrected chi connectivity index (χ0v) is 6.76. The van der Waals surface area contributed by atoms with E-state index < -0.39 is 34.6 Å². The fraction of sp³-hybridized carbons (Fsp3) is 0. The van der Waals surface area contributed by atoms with Crippen LogP contribution in [0, 0.1) is 0 Å². The van der Waals surface area contributed by atoms with Crippen LogP contribution in [0.15, 0.2) is 12.1 Å². The molecule has 0 aliphatic carbocycles. The molecule has 0 radical (unpaired) electrons. The van der Waals surface area contributed by atoms with Crippen molar-refractivity contribution in [1.82, 2.24) is 0 Å². The SMILES string of the molecule is O=C(O)c1cc(O)c(C(=O)O)cc1O.[CaH2]. The zero-order valence-electron chi connectivity index (χ0n) is 6.76. The van der Waals surface area contributed by atoms with Crippen LogP contribution < -0.4 is 0 Å². The molecule has 78 valence electrons. The van der Waals surface area contributed by atoms with Crippen LogP contribution >= 0.6 is 0 Å². The molecule has 0 fully saturated rings. The molecular formula is C8H8CaO6. The van der Waals surface area contributed by atoms with Crippen LogP contribution in [0.25, 0.3) is 0 Å². The van der Waals surface area contributed by atoms with Crippen LogP contribution in [0.4, 0.5) is 0 Å². The van der Waals surface area contributed by atoms with Gasteiger partial charge in [0.05, 0.1) is 0 Å². The van der Waals surface area contributed by atoms with Crippen molar-refractivity contribution in [2.45, 2.75) is 0 Å². The van der Waals surface area contributed by atoms with Crippen LogP contribution in [0.5, 0.6) is 11.5 Å². The topological polar surface area (TPSA) is 115 Å². The molecule has 0 saturated carbocycles.